The minimum absolute atomic E-state index is 0. The van der Waals surface area contributed by atoms with Gasteiger partial charge in [-0.25, -0.2) is 0 Å². The second-order valence-electron chi connectivity index (χ2n) is 5.86. The zero-order valence-electron chi connectivity index (χ0n) is 17.4. The predicted octanol–water partition coefficient (Wildman–Crippen LogP) is 3.78. The monoisotopic (exact) mass is 392 g/mol. The SMILES string of the molecule is CC(C)=CCO.CC(C)=CCO.CC(C)=CCO.CC(C)=CCO.[Ti]. The summed E-state index contributed by atoms with van der Waals surface area (Å²) in [5.41, 5.74) is 4.66. The van der Waals surface area contributed by atoms with Gasteiger partial charge in [0, 0.05) is 21.7 Å². The van der Waals surface area contributed by atoms with Gasteiger partial charge in [-0.1, -0.05) is 46.6 Å². The van der Waals surface area contributed by atoms with Crippen LogP contribution in [0.3, 0.4) is 0 Å². The van der Waals surface area contributed by atoms with Gasteiger partial charge in [0.2, 0.25) is 0 Å². The summed E-state index contributed by atoms with van der Waals surface area (Å²) in [5, 5.41) is 32.6. The zero-order chi connectivity index (χ0) is 20.0. The maximum atomic E-state index is 8.16. The first kappa shape index (κ1) is 35.6. The number of rotatable bonds is 4. The molecule has 0 saturated carbocycles. The topological polar surface area (TPSA) is 80.9 Å². The van der Waals surface area contributed by atoms with Crippen LogP contribution < -0.4 is 0 Å². The van der Waals surface area contributed by atoms with E-state index in [1.165, 1.54) is 0 Å². The van der Waals surface area contributed by atoms with Crippen molar-refractivity contribution in [3.8, 4) is 0 Å². The van der Waals surface area contributed by atoms with E-state index in [1.54, 1.807) is 24.3 Å². The van der Waals surface area contributed by atoms with Crippen molar-refractivity contribution in [2.75, 3.05) is 26.4 Å². The van der Waals surface area contributed by atoms with Gasteiger partial charge in [0.15, 0.2) is 0 Å². The summed E-state index contributed by atoms with van der Waals surface area (Å²) in [5.74, 6) is 0. The smallest absolute Gasteiger partial charge is 0.0614 e. The molecule has 0 heterocycles. The third-order valence-electron chi connectivity index (χ3n) is 2.00. The predicted molar refractivity (Wildman–Crippen MR) is 106 cm³/mol. The molecule has 5 heteroatoms. The largest absolute Gasteiger partial charge is 0.392 e. The molecule has 0 atom stereocenters. The maximum Gasteiger partial charge on any atom is 0.0614 e. The molecular weight excluding hydrogens is 352 g/mol. The molecule has 0 fully saturated rings. The van der Waals surface area contributed by atoms with Crippen LogP contribution in [0.5, 0.6) is 0 Å². The van der Waals surface area contributed by atoms with E-state index in [-0.39, 0.29) is 48.1 Å². The van der Waals surface area contributed by atoms with Crippen molar-refractivity contribution < 1.29 is 42.1 Å². The molecule has 0 unspecified atom stereocenters. The Bertz CT molecular complexity index is 282. The quantitative estimate of drug-likeness (QED) is 0.434. The van der Waals surface area contributed by atoms with Crippen LogP contribution in [-0.2, 0) is 21.7 Å². The van der Waals surface area contributed by atoms with Crippen molar-refractivity contribution in [2.45, 2.75) is 55.4 Å². The van der Waals surface area contributed by atoms with Gasteiger partial charge < -0.3 is 20.4 Å². The van der Waals surface area contributed by atoms with Crippen molar-refractivity contribution in [3.05, 3.63) is 46.6 Å². The first-order valence-electron chi connectivity index (χ1n) is 8.05. The summed E-state index contributed by atoms with van der Waals surface area (Å²) >= 11 is 0. The van der Waals surface area contributed by atoms with E-state index in [9.17, 15) is 0 Å². The van der Waals surface area contributed by atoms with Crippen LogP contribution >= 0.6 is 0 Å². The Labute approximate surface area is 170 Å². The second-order valence-corrected chi connectivity index (χ2v) is 5.86. The van der Waals surface area contributed by atoms with Crippen LogP contribution in [0.2, 0.25) is 0 Å². The molecule has 25 heavy (non-hydrogen) atoms. The Morgan fingerprint density at radius 2 is 0.560 bits per heavy atom. The fourth-order valence-corrected chi connectivity index (χ4v) is 0.730. The molecule has 0 aromatic heterocycles. The molecule has 0 bridgehead atoms. The standard InChI is InChI=1S/4C5H10O.Ti/c4*1-5(2)3-4-6;/h4*3,6H,4H2,1-2H3;. The molecule has 0 saturated heterocycles. The normalized spacial score (nSPS) is 7.52. The van der Waals surface area contributed by atoms with Crippen LogP contribution in [-0.4, -0.2) is 46.9 Å². The molecule has 0 spiro atoms. The maximum absolute atomic E-state index is 8.16. The molecule has 0 aliphatic rings. The van der Waals surface area contributed by atoms with E-state index in [0.29, 0.717) is 0 Å². The second kappa shape index (κ2) is 31.3. The van der Waals surface area contributed by atoms with Crippen LogP contribution in [0, 0.1) is 0 Å². The third-order valence-corrected chi connectivity index (χ3v) is 2.00. The van der Waals surface area contributed by atoms with Gasteiger partial charge in [-0.2, -0.15) is 0 Å². The Kier molecular flexibility index (Phi) is 44.6. The minimum Gasteiger partial charge on any atom is -0.392 e. The first-order valence-corrected chi connectivity index (χ1v) is 8.05. The molecule has 4 nitrogen and oxygen atoms in total. The summed E-state index contributed by atoms with van der Waals surface area (Å²) < 4.78 is 0. The summed E-state index contributed by atoms with van der Waals surface area (Å²) in [6.07, 6.45) is 7.06. The number of hydrogen-bond acceptors (Lipinski definition) is 4. The minimum atomic E-state index is 0. The van der Waals surface area contributed by atoms with E-state index < -0.39 is 0 Å². The van der Waals surface area contributed by atoms with Crippen LogP contribution in [0.4, 0.5) is 0 Å². The molecule has 0 aromatic rings. The Hall–Kier alpha value is -0.486. The van der Waals surface area contributed by atoms with Gasteiger partial charge in [-0.05, 0) is 55.4 Å². The van der Waals surface area contributed by atoms with E-state index >= 15 is 0 Å². The summed E-state index contributed by atoms with van der Waals surface area (Å²) in [6, 6.07) is 0. The van der Waals surface area contributed by atoms with Gasteiger partial charge >= 0.3 is 0 Å². The van der Waals surface area contributed by atoms with Gasteiger partial charge in [-0.15, -0.1) is 0 Å². The molecular formula is C20H40O4Ti. The Morgan fingerprint density at radius 3 is 0.560 bits per heavy atom. The number of allylic oxidation sites excluding steroid dienone is 4. The molecule has 4 N–H and O–H groups in total. The molecule has 148 valence electrons. The van der Waals surface area contributed by atoms with Crippen LogP contribution in [0.25, 0.3) is 0 Å². The van der Waals surface area contributed by atoms with Crippen molar-refractivity contribution in [1.29, 1.82) is 0 Å². The van der Waals surface area contributed by atoms with Crippen LogP contribution in [0.15, 0.2) is 46.6 Å². The zero-order valence-corrected chi connectivity index (χ0v) is 19.0. The molecule has 0 aliphatic carbocycles. The molecule has 0 aliphatic heterocycles. The molecule has 0 radical (unpaired) electrons. The number of aliphatic hydroxyl groups excluding tert-OH is 4. The first-order chi connectivity index (χ1) is 11.1. The molecule has 0 amide bonds. The fraction of sp³-hybridized carbons (Fsp3) is 0.600. The van der Waals surface area contributed by atoms with Gasteiger partial charge in [0.1, 0.15) is 0 Å². The number of aliphatic hydroxyl groups is 4. The van der Waals surface area contributed by atoms with Crippen LogP contribution in [0.1, 0.15) is 55.4 Å². The van der Waals surface area contributed by atoms with Gasteiger partial charge in [-0.3, -0.25) is 0 Å². The summed E-state index contributed by atoms with van der Waals surface area (Å²) in [7, 11) is 0. The van der Waals surface area contributed by atoms with Gasteiger partial charge in [0.25, 0.3) is 0 Å². The third kappa shape index (κ3) is 82.1. The fourth-order valence-electron chi connectivity index (χ4n) is 0.730. The van der Waals surface area contributed by atoms with E-state index in [4.69, 9.17) is 20.4 Å². The summed E-state index contributed by atoms with van der Waals surface area (Å²) in [6.45, 7) is 16.3. The average Bonchev–Trinajstić information content (AvgIpc) is 2.39. The Balaban J connectivity index is -0.0000000702. The number of hydrogen-bond donors (Lipinski definition) is 4. The van der Waals surface area contributed by atoms with E-state index in [1.807, 2.05) is 55.4 Å². The van der Waals surface area contributed by atoms with E-state index in [2.05, 4.69) is 0 Å². The molecule has 0 rings (SSSR count). The van der Waals surface area contributed by atoms with E-state index in [0.717, 1.165) is 22.3 Å². The van der Waals surface area contributed by atoms with Gasteiger partial charge in [0.05, 0.1) is 26.4 Å². The molecule has 0 aromatic carbocycles. The summed E-state index contributed by atoms with van der Waals surface area (Å²) in [4.78, 5) is 0. The van der Waals surface area contributed by atoms with Crippen molar-refractivity contribution in [3.63, 3.8) is 0 Å². The van der Waals surface area contributed by atoms with Crippen molar-refractivity contribution in [2.24, 2.45) is 0 Å². The van der Waals surface area contributed by atoms with Crippen molar-refractivity contribution in [1.82, 2.24) is 0 Å². The average molecular weight is 392 g/mol. The Morgan fingerprint density at radius 1 is 0.440 bits per heavy atom. The van der Waals surface area contributed by atoms with Crippen molar-refractivity contribution >= 4 is 0 Å².